The predicted molar refractivity (Wildman–Crippen MR) is 76.0 cm³/mol. The molecule has 0 radical (unpaired) electrons. The van der Waals surface area contributed by atoms with E-state index >= 15 is 0 Å². The van der Waals surface area contributed by atoms with Gasteiger partial charge in [-0.25, -0.2) is 4.68 Å². The summed E-state index contributed by atoms with van der Waals surface area (Å²) < 4.78 is 2.48. The van der Waals surface area contributed by atoms with Gasteiger partial charge < -0.3 is 5.73 Å². The third-order valence-corrected chi connectivity index (χ3v) is 3.47. The molecule has 0 aliphatic rings. The lowest BCUT2D eigenvalue weighted by Crippen LogP contribution is -1.98. The van der Waals surface area contributed by atoms with Gasteiger partial charge in [0.05, 0.1) is 15.7 Å². The van der Waals surface area contributed by atoms with Crippen molar-refractivity contribution in [3.8, 4) is 5.69 Å². The van der Waals surface area contributed by atoms with Crippen molar-refractivity contribution in [2.45, 2.75) is 0 Å². The highest BCUT2D eigenvalue weighted by Crippen LogP contribution is 2.25. The second-order valence-corrected chi connectivity index (χ2v) is 5.09. The summed E-state index contributed by atoms with van der Waals surface area (Å²) in [6.45, 7) is 0. The van der Waals surface area contributed by atoms with Crippen LogP contribution >= 0.6 is 27.5 Å². The van der Waals surface area contributed by atoms with Crippen molar-refractivity contribution in [3.05, 3.63) is 46.2 Å². The first-order chi connectivity index (χ1) is 8.65. The van der Waals surface area contributed by atoms with E-state index in [4.69, 9.17) is 17.3 Å². The Hall–Kier alpha value is -1.59. The van der Waals surface area contributed by atoms with E-state index in [0.29, 0.717) is 10.8 Å². The average molecular weight is 324 g/mol. The van der Waals surface area contributed by atoms with E-state index < -0.39 is 0 Å². The van der Waals surface area contributed by atoms with E-state index in [1.807, 2.05) is 30.5 Å². The summed E-state index contributed by atoms with van der Waals surface area (Å²) in [5.74, 6) is 0.453. The fourth-order valence-corrected chi connectivity index (χ4v) is 2.24. The fourth-order valence-electron chi connectivity index (χ4n) is 1.80. The van der Waals surface area contributed by atoms with Gasteiger partial charge in [-0.1, -0.05) is 11.6 Å². The maximum absolute atomic E-state index is 5.96. The molecule has 0 aliphatic carbocycles. The van der Waals surface area contributed by atoms with Gasteiger partial charge in [-0.05, 0) is 40.2 Å². The zero-order valence-corrected chi connectivity index (χ0v) is 11.5. The van der Waals surface area contributed by atoms with Crippen molar-refractivity contribution in [1.29, 1.82) is 0 Å². The Morgan fingerprint density at radius 3 is 2.83 bits per heavy atom. The third-order valence-electron chi connectivity index (χ3n) is 2.62. The SMILES string of the molecule is Nc1nn(-c2ccnc3cc(Cl)ccc23)cc1Br. The zero-order chi connectivity index (χ0) is 12.7. The molecule has 0 bridgehead atoms. The number of hydrogen-bond donors (Lipinski definition) is 1. The van der Waals surface area contributed by atoms with Gasteiger partial charge in [0.1, 0.15) is 0 Å². The Balaban J connectivity index is 2.29. The summed E-state index contributed by atoms with van der Waals surface area (Å²) in [6.07, 6.45) is 3.54. The summed E-state index contributed by atoms with van der Waals surface area (Å²) in [4.78, 5) is 4.29. The van der Waals surface area contributed by atoms with Crippen molar-refractivity contribution < 1.29 is 0 Å². The Morgan fingerprint density at radius 2 is 2.11 bits per heavy atom. The molecule has 1 aromatic carbocycles. The number of nitrogen functional groups attached to an aromatic ring is 1. The molecule has 0 unspecified atom stereocenters. The number of halogens is 2. The highest BCUT2D eigenvalue weighted by molar-refractivity contribution is 9.10. The van der Waals surface area contributed by atoms with Gasteiger partial charge in [-0.2, -0.15) is 0 Å². The third kappa shape index (κ3) is 1.85. The average Bonchev–Trinajstić information content (AvgIpc) is 2.68. The lowest BCUT2D eigenvalue weighted by atomic mass is 10.2. The molecule has 0 amide bonds. The van der Waals surface area contributed by atoms with Crippen molar-refractivity contribution in [2.24, 2.45) is 0 Å². The van der Waals surface area contributed by atoms with E-state index in [1.165, 1.54) is 0 Å². The molecular weight excluding hydrogens is 316 g/mol. The van der Waals surface area contributed by atoms with Crippen molar-refractivity contribution in [2.75, 3.05) is 5.73 Å². The number of benzene rings is 1. The highest BCUT2D eigenvalue weighted by Gasteiger charge is 2.08. The van der Waals surface area contributed by atoms with Crippen LogP contribution in [0.3, 0.4) is 0 Å². The summed E-state index contributed by atoms with van der Waals surface area (Å²) in [5.41, 5.74) is 7.47. The molecule has 0 aliphatic heterocycles. The number of fused-ring (bicyclic) bond motifs is 1. The van der Waals surface area contributed by atoms with E-state index in [2.05, 4.69) is 26.0 Å². The van der Waals surface area contributed by atoms with E-state index in [1.54, 1.807) is 10.9 Å². The maximum Gasteiger partial charge on any atom is 0.160 e. The molecule has 2 aromatic heterocycles. The van der Waals surface area contributed by atoms with Crippen LogP contribution in [0.1, 0.15) is 0 Å². The van der Waals surface area contributed by atoms with Crippen LogP contribution < -0.4 is 5.73 Å². The van der Waals surface area contributed by atoms with Crippen LogP contribution in [-0.4, -0.2) is 14.8 Å². The Kier molecular flexibility index (Phi) is 2.72. The monoisotopic (exact) mass is 322 g/mol. The first-order valence-electron chi connectivity index (χ1n) is 5.20. The van der Waals surface area contributed by atoms with Crippen molar-refractivity contribution in [3.63, 3.8) is 0 Å². The van der Waals surface area contributed by atoms with Gasteiger partial charge in [-0.3, -0.25) is 4.98 Å². The summed E-state index contributed by atoms with van der Waals surface area (Å²) in [6, 6.07) is 7.46. The Labute approximate surface area is 117 Å². The van der Waals surface area contributed by atoms with Crippen LogP contribution in [0, 0.1) is 0 Å². The predicted octanol–water partition coefficient (Wildman–Crippen LogP) is 3.42. The lowest BCUT2D eigenvalue weighted by molar-refractivity contribution is 0.891. The minimum absolute atomic E-state index is 0.453. The molecule has 3 aromatic rings. The Morgan fingerprint density at radius 1 is 1.28 bits per heavy atom. The molecule has 4 nitrogen and oxygen atoms in total. The quantitative estimate of drug-likeness (QED) is 0.746. The number of rotatable bonds is 1. The van der Waals surface area contributed by atoms with Gasteiger partial charge in [0.15, 0.2) is 5.82 Å². The van der Waals surface area contributed by atoms with E-state index in [9.17, 15) is 0 Å². The molecule has 3 rings (SSSR count). The molecule has 2 heterocycles. The number of aromatic nitrogens is 3. The molecule has 0 saturated heterocycles. The second-order valence-electron chi connectivity index (χ2n) is 3.80. The van der Waals surface area contributed by atoms with Gasteiger partial charge in [-0.15, -0.1) is 5.10 Å². The lowest BCUT2D eigenvalue weighted by Gasteiger charge is -2.05. The molecule has 18 heavy (non-hydrogen) atoms. The Bertz CT molecular complexity index is 719. The standard InChI is InChI=1S/C12H8BrClN4/c13-9-6-18(17-12(9)15)11-3-4-16-10-5-7(14)1-2-8(10)11/h1-6H,(H2,15,17). The molecule has 90 valence electrons. The van der Waals surface area contributed by atoms with Gasteiger partial charge in [0, 0.05) is 22.8 Å². The molecule has 2 N–H and O–H groups in total. The largest absolute Gasteiger partial charge is 0.381 e. The topological polar surface area (TPSA) is 56.7 Å². The second kappa shape index (κ2) is 4.26. The first-order valence-corrected chi connectivity index (χ1v) is 6.37. The van der Waals surface area contributed by atoms with E-state index in [0.717, 1.165) is 21.1 Å². The smallest absolute Gasteiger partial charge is 0.160 e. The van der Waals surface area contributed by atoms with Crippen LogP contribution in [0.4, 0.5) is 5.82 Å². The maximum atomic E-state index is 5.96. The van der Waals surface area contributed by atoms with Crippen LogP contribution in [0.15, 0.2) is 41.1 Å². The summed E-state index contributed by atoms with van der Waals surface area (Å²) >= 11 is 9.30. The molecular formula is C12H8BrClN4. The van der Waals surface area contributed by atoms with Gasteiger partial charge in [0.2, 0.25) is 0 Å². The van der Waals surface area contributed by atoms with Crippen LogP contribution in [0.5, 0.6) is 0 Å². The number of nitrogens with two attached hydrogens (primary N) is 1. The van der Waals surface area contributed by atoms with Crippen LogP contribution in [0.2, 0.25) is 5.02 Å². The number of hydrogen-bond acceptors (Lipinski definition) is 3. The summed E-state index contributed by atoms with van der Waals surface area (Å²) in [7, 11) is 0. The van der Waals surface area contributed by atoms with Crippen LogP contribution in [-0.2, 0) is 0 Å². The normalized spacial score (nSPS) is 11.0. The summed E-state index contributed by atoms with van der Waals surface area (Å²) in [5, 5.41) is 5.87. The minimum atomic E-state index is 0.453. The first kappa shape index (κ1) is 11.5. The van der Waals surface area contributed by atoms with E-state index in [-0.39, 0.29) is 0 Å². The molecule has 0 saturated carbocycles. The van der Waals surface area contributed by atoms with Gasteiger partial charge >= 0.3 is 0 Å². The number of anilines is 1. The number of nitrogens with zero attached hydrogens (tertiary/aromatic N) is 3. The molecule has 6 heteroatoms. The van der Waals surface area contributed by atoms with Crippen LogP contribution in [0.25, 0.3) is 16.6 Å². The van der Waals surface area contributed by atoms with Gasteiger partial charge in [0.25, 0.3) is 0 Å². The van der Waals surface area contributed by atoms with Crippen molar-refractivity contribution in [1.82, 2.24) is 14.8 Å². The number of pyridine rings is 1. The highest BCUT2D eigenvalue weighted by atomic mass is 79.9. The van der Waals surface area contributed by atoms with Crippen molar-refractivity contribution >= 4 is 44.3 Å². The fraction of sp³-hybridized carbons (Fsp3) is 0. The minimum Gasteiger partial charge on any atom is -0.381 e. The molecule has 0 atom stereocenters. The molecule has 0 fully saturated rings. The molecule has 0 spiro atoms. The zero-order valence-electron chi connectivity index (χ0n) is 9.14.